The van der Waals surface area contributed by atoms with Crippen LogP contribution >= 0.6 is 0 Å². The molecule has 2 rings (SSSR count). The van der Waals surface area contributed by atoms with E-state index in [1.165, 1.54) is 17.4 Å². The second-order valence-corrected chi connectivity index (χ2v) is 4.67. The summed E-state index contributed by atoms with van der Waals surface area (Å²) >= 11 is 0. The maximum Gasteiger partial charge on any atom is 0.471 e. The molecule has 0 spiro atoms. The molecule has 0 aliphatic heterocycles. The fourth-order valence-corrected chi connectivity index (χ4v) is 1.79. The molecule has 0 bridgehead atoms. The first-order valence-corrected chi connectivity index (χ1v) is 6.53. The minimum absolute atomic E-state index is 0.297. The molecule has 0 radical (unpaired) electrons. The third kappa shape index (κ3) is 4.08. The summed E-state index contributed by atoms with van der Waals surface area (Å²) < 4.78 is 76.5. The predicted molar refractivity (Wildman–Crippen MR) is 75.4 cm³/mol. The zero-order chi connectivity index (χ0) is 18.8. The van der Waals surface area contributed by atoms with Gasteiger partial charge >= 0.3 is 12.1 Å². The zero-order valence-corrected chi connectivity index (χ0v) is 12.0. The number of carbonyl (C=O) groups is 2. The van der Waals surface area contributed by atoms with Crippen LogP contribution in [-0.4, -0.2) is 18.0 Å². The number of benzene rings is 2. The number of rotatable bonds is 3. The molecule has 0 atom stereocenters. The maximum atomic E-state index is 13.6. The van der Waals surface area contributed by atoms with Gasteiger partial charge in [0.1, 0.15) is 0 Å². The molecule has 0 saturated carbocycles. The third-order valence-electron chi connectivity index (χ3n) is 2.96. The first-order chi connectivity index (χ1) is 11.6. The van der Waals surface area contributed by atoms with E-state index in [0.717, 1.165) is 12.1 Å². The number of alkyl halides is 3. The SMILES string of the molecule is O=C(Nc1ccccc1NC(=O)C(F)(F)F)c1ccc(F)c(F)c1F. The zero-order valence-electron chi connectivity index (χ0n) is 12.0. The standard InChI is InChI=1S/C15H8F6N2O2/c16-8-6-5-7(11(17)12(8)18)13(24)22-9-3-1-2-4-10(9)23-14(25)15(19,20)21/h1-6H,(H,22,24)(H,23,25). The van der Waals surface area contributed by atoms with Crippen molar-refractivity contribution >= 4 is 23.2 Å². The Morgan fingerprint density at radius 3 is 1.92 bits per heavy atom. The lowest BCUT2D eigenvalue weighted by Gasteiger charge is -2.13. The van der Waals surface area contributed by atoms with Crippen molar-refractivity contribution in [2.45, 2.75) is 6.18 Å². The molecule has 2 aromatic carbocycles. The van der Waals surface area contributed by atoms with Gasteiger partial charge in [0, 0.05) is 0 Å². The molecule has 4 nitrogen and oxygen atoms in total. The van der Waals surface area contributed by atoms with Crippen molar-refractivity contribution in [3.8, 4) is 0 Å². The van der Waals surface area contributed by atoms with E-state index >= 15 is 0 Å². The van der Waals surface area contributed by atoms with Gasteiger partial charge < -0.3 is 10.6 Å². The molecule has 0 aromatic heterocycles. The molecule has 10 heteroatoms. The van der Waals surface area contributed by atoms with Gasteiger partial charge in [-0.25, -0.2) is 13.2 Å². The summed E-state index contributed by atoms with van der Waals surface area (Å²) in [6, 6.07) is 5.97. The van der Waals surface area contributed by atoms with Gasteiger partial charge in [-0.05, 0) is 24.3 Å². The monoisotopic (exact) mass is 362 g/mol. The fourth-order valence-electron chi connectivity index (χ4n) is 1.79. The molecule has 0 unspecified atom stereocenters. The molecule has 0 saturated heterocycles. The lowest BCUT2D eigenvalue weighted by Crippen LogP contribution is -2.30. The van der Waals surface area contributed by atoms with Gasteiger partial charge in [-0.2, -0.15) is 13.2 Å². The topological polar surface area (TPSA) is 58.2 Å². The summed E-state index contributed by atoms with van der Waals surface area (Å²) in [5, 5.41) is 3.56. The molecular weight excluding hydrogens is 354 g/mol. The van der Waals surface area contributed by atoms with Gasteiger partial charge in [-0.3, -0.25) is 9.59 Å². The van der Waals surface area contributed by atoms with Gasteiger partial charge in [0.05, 0.1) is 16.9 Å². The molecule has 2 aromatic rings. The van der Waals surface area contributed by atoms with E-state index in [2.05, 4.69) is 0 Å². The number of para-hydroxylation sites is 2. The highest BCUT2D eigenvalue weighted by Gasteiger charge is 2.39. The summed E-state index contributed by atoms with van der Waals surface area (Å²) in [4.78, 5) is 22.9. The molecule has 2 N–H and O–H groups in total. The number of anilines is 2. The smallest absolute Gasteiger partial charge is 0.320 e. The van der Waals surface area contributed by atoms with Crippen molar-refractivity contribution in [1.29, 1.82) is 0 Å². The van der Waals surface area contributed by atoms with Crippen molar-refractivity contribution in [1.82, 2.24) is 0 Å². The summed E-state index contributed by atoms with van der Waals surface area (Å²) in [7, 11) is 0. The molecule has 0 fully saturated rings. The van der Waals surface area contributed by atoms with E-state index in [0.29, 0.717) is 12.1 Å². The summed E-state index contributed by atoms with van der Waals surface area (Å²) in [6.07, 6.45) is -5.16. The van der Waals surface area contributed by atoms with Gasteiger partial charge in [0.2, 0.25) is 0 Å². The molecule has 25 heavy (non-hydrogen) atoms. The summed E-state index contributed by atoms with van der Waals surface area (Å²) in [5.41, 5.74) is -1.58. The van der Waals surface area contributed by atoms with Crippen LogP contribution in [0.15, 0.2) is 36.4 Å². The van der Waals surface area contributed by atoms with Gasteiger partial charge in [-0.15, -0.1) is 0 Å². The van der Waals surface area contributed by atoms with Crippen molar-refractivity contribution in [2.75, 3.05) is 10.6 Å². The van der Waals surface area contributed by atoms with Crippen LogP contribution in [0.1, 0.15) is 10.4 Å². The highest BCUT2D eigenvalue weighted by atomic mass is 19.4. The normalized spacial score (nSPS) is 11.1. The lowest BCUT2D eigenvalue weighted by molar-refractivity contribution is -0.167. The number of hydrogen-bond acceptors (Lipinski definition) is 2. The predicted octanol–water partition coefficient (Wildman–Crippen LogP) is 3.86. The van der Waals surface area contributed by atoms with Gasteiger partial charge in [-0.1, -0.05) is 12.1 Å². The number of nitrogens with one attached hydrogen (secondary N) is 2. The van der Waals surface area contributed by atoms with Crippen LogP contribution in [0, 0.1) is 17.5 Å². The highest BCUT2D eigenvalue weighted by Crippen LogP contribution is 2.25. The van der Waals surface area contributed by atoms with E-state index in [1.807, 2.05) is 5.32 Å². The molecule has 0 aliphatic rings. The quantitative estimate of drug-likeness (QED) is 0.644. The van der Waals surface area contributed by atoms with Crippen molar-refractivity contribution < 1.29 is 35.9 Å². The average molecular weight is 362 g/mol. The summed E-state index contributed by atoms with van der Waals surface area (Å²) in [6.45, 7) is 0. The first kappa shape index (κ1) is 18.3. The fraction of sp³-hybridized carbons (Fsp3) is 0.0667. The Hall–Kier alpha value is -3.04. The average Bonchev–Trinajstić information content (AvgIpc) is 2.53. The Morgan fingerprint density at radius 2 is 1.36 bits per heavy atom. The largest absolute Gasteiger partial charge is 0.471 e. The number of halogens is 6. The van der Waals surface area contributed by atoms with Crippen LogP contribution in [0.3, 0.4) is 0 Å². The van der Waals surface area contributed by atoms with Gasteiger partial charge in [0.15, 0.2) is 17.5 Å². The van der Waals surface area contributed by atoms with Crippen molar-refractivity contribution in [3.63, 3.8) is 0 Å². The maximum absolute atomic E-state index is 13.6. The molecular formula is C15H8F6N2O2. The lowest BCUT2D eigenvalue weighted by atomic mass is 10.1. The second kappa shape index (κ2) is 6.83. The van der Waals surface area contributed by atoms with E-state index < -0.39 is 46.7 Å². The van der Waals surface area contributed by atoms with Crippen LogP contribution in [0.5, 0.6) is 0 Å². The highest BCUT2D eigenvalue weighted by molar-refractivity contribution is 6.07. The van der Waals surface area contributed by atoms with Crippen LogP contribution in [-0.2, 0) is 4.79 Å². The van der Waals surface area contributed by atoms with Crippen LogP contribution < -0.4 is 10.6 Å². The minimum atomic E-state index is -5.16. The Morgan fingerprint density at radius 1 is 0.800 bits per heavy atom. The summed E-state index contributed by atoms with van der Waals surface area (Å²) in [5.74, 6) is -8.66. The molecule has 0 heterocycles. The number of amides is 2. The van der Waals surface area contributed by atoms with Crippen molar-refractivity contribution in [2.24, 2.45) is 0 Å². The first-order valence-electron chi connectivity index (χ1n) is 6.53. The van der Waals surface area contributed by atoms with Crippen molar-refractivity contribution in [3.05, 3.63) is 59.4 Å². The number of carbonyl (C=O) groups excluding carboxylic acids is 2. The van der Waals surface area contributed by atoms with E-state index in [4.69, 9.17) is 0 Å². The van der Waals surface area contributed by atoms with E-state index in [1.54, 1.807) is 0 Å². The van der Waals surface area contributed by atoms with Gasteiger partial charge in [0.25, 0.3) is 5.91 Å². The number of hydrogen-bond donors (Lipinski definition) is 2. The second-order valence-electron chi connectivity index (χ2n) is 4.67. The van der Waals surface area contributed by atoms with E-state index in [9.17, 15) is 35.9 Å². The van der Waals surface area contributed by atoms with E-state index in [-0.39, 0.29) is 5.69 Å². The molecule has 132 valence electrons. The Balaban J connectivity index is 2.28. The Bertz CT molecular complexity index is 835. The van der Waals surface area contributed by atoms with Crippen LogP contribution in [0.25, 0.3) is 0 Å². The van der Waals surface area contributed by atoms with Crippen LogP contribution in [0.2, 0.25) is 0 Å². The molecule has 2 amide bonds. The Kier molecular flexibility index (Phi) is 5.00. The molecule has 0 aliphatic carbocycles. The third-order valence-corrected chi connectivity index (χ3v) is 2.96. The minimum Gasteiger partial charge on any atom is -0.320 e. The van der Waals surface area contributed by atoms with Crippen LogP contribution in [0.4, 0.5) is 37.7 Å². The Labute approximate surface area is 136 Å².